The summed E-state index contributed by atoms with van der Waals surface area (Å²) in [6.45, 7) is 7.99. The first-order valence-corrected chi connectivity index (χ1v) is 12.0. The number of carbonyl (C=O) groups is 1. The maximum Gasteiger partial charge on any atom is 0.269 e. The Bertz CT molecular complexity index is 1210. The van der Waals surface area contributed by atoms with Crippen LogP contribution >= 0.6 is 0 Å². The third-order valence-electron chi connectivity index (χ3n) is 6.61. The highest BCUT2D eigenvalue weighted by Crippen LogP contribution is 2.34. The molecular formula is C26H31N5O3. The van der Waals surface area contributed by atoms with E-state index in [1.807, 2.05) is 48.7 Å². The van der Waals surface area contributed by atoms with Crippen LogP contribution in [-0.4, -0.2) is 57.9 Å². The first-order valence-electron chi connectivity index (χ1n) is 12.0. The number of carbonyl (C=O) groups excluding carboxylic acids is 1. The minimum absolute atomic E-state index is 0.103. The summed E-state index contributed by atoms with van der Waals surface area (Å²) in [4.78, 5) is 27.2. The summed E-state index contributed by atoms with van der Waals surface area (Å²) >= 11 is 0. The Morgan fingerprint density at radius 3 is 2.79 bits per heavy atom. The molecule has 5 rings (SSSR count). The summed E-state index contributed by atoms with van der Waals surface area (Å²) in [6.07, 6.45) is 1.25. The van der Waals surface area contributed by atoms with E-state index in [4.69, 9.17) is 4.74 Å². The van der Waals surface area contributed by atoms with E-state index in [-0.39, 0.29) is 17.6 Å². The van der Waals surface area contributed by atoms with Crippen LogP contribution < -0.4 is 15.6 Å². The number of aromatic nitrogens is 3. The number of fused-ring (bicyclic) bond motifs is 4. The lowest BCUT2D eigenvalue weighted by Crippen LogP contribution is -2.48. The maximum absolute atomic E-state index is 12.6. The van der Waals surface area contributed by atoms with E-state index in [9.17, 15) is 9.59 Å². The molecule has 8 heteroatoms. The second kappa shape index (κ2) is 9.46. The van der Waals surface area contributed by atoms with Crippen molar-refractivity contribution >= 4 is 5.91 Å². The number of aromatic amines is 1. The highest BCUT2D eigenvalue weighted by atomic mass is 16.5. The van der Waals surface area contributed by atoms with Crippen LogP contribution in [0.25, 0.3) is 11.3 Å². The number of pyridine rings is 1. The molecule has 3 aromatic rings. The standard InChI is InChI=1S/C26H31N5O3/c1-17(2)34-21-8-6-19(7-9-21)22-13-23(29-28-22)26(33)27-10-11-30-14-18-12-20(16-30)24-4-3-5-25(32)31(24)15-18/h3-9,13,17-18,20H,10-12,14-16H2,1-2H3,(H,27,33)(H,28,29). The van der Waals surface area contributed by atoms with Crippen molar-refractivity contribution in [3.8, 4) is 17.0 Å². The smallest absolute Gasteiger partial charge is 0.269 e. The third-order valence-corrected chi connectivity index (χ3v) is 6.61. The van der Waals surface area contributed by atoms with Gasteiger partial charge >= 0.3 is 0 Å². The molecule has 2 unspecified atom stereocenters. The Labute approximate surface area is 198 Å². The van der Waals surface area contributed by atoms with Gasteiger partial charge in [-0.1, -0.05) is 6.07 Å². The summed E-state index contributed by atoms with van der Waals surface area (Å²) in [5.41, 5.74) is 3.34. The van der Waals surface area contributed by atoms with Crippen LogP contribution in [0.1, 0.15) is 42.4 Å². The van der Waals surface area contributed by atoms with E-state index >= 15 is 0 Å². The second-order valence-corrected chi connectivity index (χ2v) is 9.57. The van der Waals surface area contributed by atoms with Crippen molar-refractivity contribution in [1.82, 2.24) is 25.0 Å². The number of nitrogens with one attached hydrogen (secondary N) is 2. The van der Waals surface area contributed by atoms with E-state index in [0.717, 1.165) is 55.3 Å². The van der Waals surface area contributed by atoms with Crippen molar-refractivity contribution in [1.29, 1.82) is 0 Å². The van der Waals surface area contributed by atoms with Crippen molar-refractivity contribution in [3.05, 3.63) is 70.3 Å². The number of piperidine rings is 1. The van der Waals surface area contributed by atoms with E-state index in [1.165, 1.54) is 0 Å². The van der Waals surface area contributed by atoms with Gasteiger partial charge in [-0.2, -0.15) is 5.10 Å². The molecule has 2 bridgehead atoms. The van der Waals surface area contributed by atoms with Crippen molar-refractivity contribution < 1.29 is 9.53 Å². The molecule has 1 amide bonds. The van der Waals surface area contributed by atoms with Crippen LogP contribution in [0, 0.1) is 5.92 Å². The average Bonchev–Trinajstić information content (AvgIpc) is 3.30. The van der Waals surface area contributed by atoms with Crippen LogP contribution in [0.15, 0.2) is 53.3 Å². The average molecular weight is 462 g/mol. The topological polar surface area (TPSA) is 92.2 Å². The van der Waals surface area contributed by atoms with Gasteiger partial charge in [-0.05, 0) is 62.6 Å². The summed E-state index contributed by atoms with van der Waals surface area (Å²) in [5.74, 6) is 1.51. The second-order valence-electron chi connectivity index (χ2n) is 9.57. The monoisotopic (exact) mass is 461 g/mol. The van der Waals surface area contributed by atoms with Crippen molar-refractivity contribution in [2.45, 2.75) is 38.8 Å². The van der Waals surface area contributed by atoms with E-state index in [0.29, 0.717) is 24.1 Å². The van der Waals surface area contributed by atoms with Gasteiger partial charge in [0.2, 0.25) is 0 Å². The molecule has 1 fully saturated rings. The van der Waals surface area contributed by atoms with Gasteiger partial charge in [-0.3, -0.25) is 14.7 Å². The number of amides is 1. The fraction of sp³-hybridized carbons (Fsp3) is 0.423. The molecule has 8 nitrogen and oxygen atoms in total. The van der Waals surface area contributed by atoms with Crippen molar-refractivity contribution in [2.75, 3.05) is 26.2 Å². The lowest BCUT2D eigenvalue weighted by Gasteiger charge is -2.42. The third kappa shape index (κ3) is 4.77. The summed E-state index contributed by atoms with van der Waals surface area (Å²) < 4.78 is 7.62. The normalized spacial score (nSPS) is 19.6. The lowest BCUT2D eigenvalue weighted by atomic mass is 9.83. The first-order chi connectivity index (χ1) is 16.5. The van der Waals surface area contributed by atoms with E-state index in [2.05, 4.69) is 26.5 Å². The van der Waals surface area contributed by atoms with Gasteiger partial charge in [0.1, 0.15) is 11.4 Å². The molecule has 34 heavy (non-hydrogen) atoms. The zero-order chi connectivity index (χ0) is 23.7. The zero-order valence-corrected chi connectivity index (χ0v) is 19.7. The summed E-state index contributed by atoms with van der Waals surface area (Å²) in [5, 5.41) is 10.2. The van der Waals surface area contributed by atoms with Gasteiger partial charge in [-0.25, -0.2) is 0 Å². The molecule has 0 saturated carbocycles. The first kappa shape index (κ1) is 22.4. The molecule has 2 aliphatic rings. The Morgan fingerprint density at radius 1 is 1.18 bits per heavy atom. The molecule has 4 heterocycles. The Morgan fingerprint density at radius 2 is 2.00 bits per heavy atom. The van der Waals surface area contributed by atoms with Gasteiger partial charge in [0, 0.05) is 56.0 Å². The number of hydrogen-bond donors (Lipinski definition) is 2. The largest absolute Gasteiger partial charge is 0.491 e. The number of rotatable bonds is 7. The highest BCUT2D eigenvalue weighted by Gasteiger charge is 2.34. The number of benzene rings is 1. The van der Waals surface area contributed by atoms with Crippen molar-refractivity contribution in [3.63, 3.8) is 0 Å². The van der Waals surface area contributed by atoms with Crippen LogP contribution in [0.3, 0.4) is 0 Å². The molecule has 1 saturated heterocycles. The summed E-state index contributed by atoms with van der Waals surface area (Å²) in [7, 11) is 0. The predicted molar refractivity (Wildman–Crippen MR) is 130 cm³/mol. The molecule has 2 atom stereocenters. The zero-order valence-electron chi connectivity index (χ0n) is 19.7. The Hall–Kier alpha value is -3.39. The minimum atomic E-state index is -0.160. The number of nitrogens with zero attached hydrogens (tertiary/aromatic N) is 3. The highest BCUT2D eigenvalue weighted by molar-refractivity contribution is 5.93. The molecule has 1 aromatic carbocycles. The van der Waals surface area contributed by atoms with Gasteiger partial charge in [0.25, 0.3) is 11.5 Å². The number of likely N-dealkylation sites (tertiary alicyclic amines) is 1. The molecule has 178 valence electrons. The van der Waals surface area contributed by atoms with Crippen LogP contribution in [0.5, 0.6) is 5.75 Å². The van der Waals surface area contributed by atoms with Gasteiger partial charge in [-0.15, -0.1) is 0 Å². The van der Waals surface area contributed by atoms with Crippen LogP contribution in [0.2, 0.25) is 0 Å². The van der Waals surface area contributed by atoms with Gasteiger partial charge < -0.3 is 19.5 Å². The molecule has 0 aliphatic carbocycles. The molecule has 2 N–H and O–H groups in total. The van der Waals surface area contributed by atoms with Crippen LogP contribution in [0.4, 0.5) is 0 Å². The summed E-state index contributed by atoms with van der Waals surface area (Å²) in [6, 6.07) is 15.1. The number of hydrogen-bond acceptors (Lipinski definition) is 5. The lowest BCUT2D eigenvalue weighted by molar-refractivity contribution is 0.0923. The number of ether oxygens (including phenoxy) is 1. The van der Waals surface area contributed by atoms with Gasteiger partial charge in [0.05, 0.1) is 11.8 Å². The Balaban J connectivity index is 1.14. The molecule has 0 spiro atoms. The SMILES string of the molecule is CC(C)Oc1ccc(-c2cc(C(=O)NCCN3CC4CC(C3)c3cccc(=O)n3C4)[nH]n2)cc1. The fourth-order valence-electron chi connectivity index (χ4n) is 5.16. The number of H-pyrrole nitrogens is 1. The molecule has 2 aromatic heterocycles. The van der Waals surface area contributed by atoms with E-state index < -0.39 is 0 Å². The molecule has 2 aliphatic heterocycles. The maximum atomic E-state index is 12.6. The van der Waals surface area contributed by atoms with Crippen molar-refractivity contribution in [2.24, 2.45) is 5.92 Å². The molecular weight excluding hydrogens is 430 g/mol. The Kier molecular flexibility index (Phi) is 6.24. The fourth-order valence-corrected chi connectivity index (χ4v) is 5.16. The minimum Gasteiger partial charge on any atom is -0.491 e. The van der Waals surface area contributed by atoms with E-state index in [1.54, 1.807) is 12.1 Å². The quantitative estimate of drug-likeness (QED) is 0.565. The molecule has 0 radical (unpaired) electrons. The van der Waals surface area contributed by atoms with Gasteiger partial charge in [0.15, 0.2) is 0 Å². The van der Waals surface area contributed by atoms with Crippen LogP contribution in [-0.2, 0) is 6.54 Å². The predicted octanol–water partition coefficient (Wildman–Crippen LogP) is 2.87.